The van der Waals surface area contributed by atoms with Gasteiger partial charge in [-0.25, -0.2) is 4.98 Å². The van der Waals surface area contributed by atoms with Crippen molar-refractivity contribution < 1.29 is 4.79 Å². The van der Waals surface area contributed by atoms with Crippen LogP contribution in [0.2, 0.25) is 0 Å². The van der Waals surface area contributed by atoms with E-state index >= 15 is 0 Å². The smallest absolute Gasteiger partial charge is 0.228 e. The summed E-state index contributed by atoms with van der Waals surface area (Å²) in [5, 5.41) is 0. The summed E-state index contributed by atoms with van der Waals surface area (Å²) in [6.07, 6.45) is 3.57. The van der Waals surface area contributed by atoms with E-state index in [0.29, 0.717) is 6.42 Å². The molecule has 22 heavy (non-hydrogen) atoms. The lowest BCUT2D eigenvalue weighted by Crippen LogP contribution is -2.49. The van der Waals surface area contributed by atoms with Gasteiger partial charge in [0.25, 0.3) is 0 Å². The van der Waals surface area contributed by atoms with Gasteiger partial charge in [0, 0.05) is 38.3 Å². The van der Waals surface area contributed by atoms with Gasteiger partial charge in [-0.1, -0.05) is 26.8 Å². The molecule has 0 aromatic carbocycles. The number of aromatic nitrogens is 1. The first kappa shape index (κ1) is 16.9. The van der Waals surface area contributed by atoms with Gasteiger partial charge in [-0.2, -0.15) is 0 Å². The third-order valence-electron chi connectivity index (χ3n) is 4.37. The Labute approximate surface area is 134 Å². The number of likely N-dealkylation sites (tertiary alicyclic amines) is 1. The molecule has 0 spiro atoms. The topological polar surface area (TPSA) is 36.4 Å². The average molecular weight is 303 g/mol. The van der Waals surface area contributed by atoms with Crippen molar-refractivity contribution in [1.82, 2.24) is 9.88 Å². The molecule has 0 N–H and O–H groups in total. The molecule has 0 aliphatic carbocycles. The second-order valence-electron chi connectivity index (χ2n) is 6.82. The summed E-state index contributed by atoms with van der Waals surface area (Å²) in [7, 11) is 0. The van der Waals surface area contributed by atoms with E-state index in [2.05, 4.69) is 30.7 Å². The van der Waals surface area contributed by atoms with E-state index in [1.54, 1.807) is 6.20 Å². The molecule has 1 aliphatic heterocycles. The first-order valence-corrected chi connectivity index (χ1v) is 8.46. The number of carbonyl (C=O) groups excluding carboxylic acids is 1. The average Bonchev–Trinajstić information content (AvgIpc) is 2.47. The van der Waals surface area contributed by atoms with E-state index in [1.165, 1.54) is 6.42 Å². The Balaban J connectivity index is 2.09. The predicted octanol–water partition coefficient (Wildman–Crippen LogP) is 3.19. The molecule has 4 heteroatoms. The number of nitrogens with zero attached hydrogens (tertiary/aromatic N) is 3. The van der Waals surface area contributed by atoms with Gasteiger partial charge in [0.05, 0.1) is 0 Å². The van der Waals surface area contributed by atoms with E-state index in [1.807, 2.05) is 30.0 Å². The number of carbonyl (C=O) groups is 1. The summed E-state index contributed by atoms with van der Waals surface area (Å²) >= 11 is 0. The third-order valence-corrected chi connectivity index (χ3v) is 4.37. The first-order valence-electron chi connectivity index (χ1n) is 8.46. The van der Waals surface area contributed by atoms with Gasteiger partial charge in [-0.05, 0) is 37.3 Å². The van der Waals surface area contributed by atoms with E-state index in [9.17, 15) is 4.79 Å². The van der Waals surface area contributed by atoms with Crippen LogP contribution in [0.3, 0.4) is 0 Å². The van der Waals surface area contributed by atoms with E-state index < -0.39 is 0 Å². The minimum absolute atomic E-state index is 0.139. The van der Waals surface area contributed by atoms with Crippen LogP contribution >= 0.6 is 0 Å². The summed E-state index contributed by atoms with van der Waals surface area (Å²) in [5.41, 5.74) is 0. The third kappa shape index (κ3) is 4.29. The van der Waals surface area contributed by atoms with Gasteiger partial charge in [0.15, 0.2) is 0 Å². The molecule has 1 fully saturated rings. The lowest BCUT2D eigenvalue weighted by atomic mass is 9.91. The number of amides is 1. The maximum Gasteiger partial charge on any atom is 0.228 e. The van der Waals surface area contributed by atoms with Crippen LogP contribution in [0.15, 0.2) is 24.4 Å². The zero-order valence-electron chi connectivity index (χ0n) is 14.3. The molecule has 2 heterocycles. The Morgan fingerprint density at radius 1 is 1.36 bits per heavy atom. The van der Waals surface area contributed by atoms with Crippen LogP contribution in [0.25, 0.3) is 0 Å². The van der Waals surface area contributed by atoms with Crippen molar-refractivity contribution >= 4 is 11.7 Å². The lowest BCUT2D eigenvalue weighted by Gasteiger charge is -2.38. The quantitative estimate of drug-likeness (QED) is 0.838. The Bertz CT molecular complexity index is 466. The molecule has 0 bridgehead atoms. The second kappa shape index (κ2) is 7.73. The summed E-state index contributed by atoms with van der Waals surface area (Å²) in [6.45, 7) is 11.9. The normalized spacial score (nSPS) is 24.0. The molecule has 1 saturated heterocycles. The molecule has 122 valence electrons. The Hall–Kier alpha value is -1.42. The number of hydrogen-bond donors (Lipinski definition) is 0. The number of piperidine rings is 1. The highest BCUT2D eigenvalue weighted by atomic mass is 16.2. The molecule has 1 amide bonds. The molecular formula is C18H29N3O. The van der Waals surface area contributed by atoms with Crippen LogP contribution in [0.4, 0.5) is 5.82 Å². The highest BCUT2D eigenvalue weighted by molar-refractivity contribution is 5.92. The van der Waals surface area contributed by atoms with Gasteiger partial charge in [0.1, 0.15) is 5.82 Å². The monoisotopic (exact) mass is 303 g/mol. The van der Waals surface area contributed by atoms with Crippen molar-refractivity contribution in [3.05, 3.63) is 24.4 Å². The summed E-state index contributed by atoms with van der Waals surface area (Å²) in [4.78, 5) is 21.1. The van der Waals surface area contributed by atoms with Gasteiger partial charge in [-0.3, -0.25) is 9.69 Å². The number of hydrogen-bond acceptors (Lipinski definition) is 3. The van der Waals surface area contributed by atoms with Gasteiger partial charge in [0.2, 0.25) is 5.91 Å². The molecule has 0 saturated carbocycles. The van der Waals surface area contributed by atoms with Gasteiger partial charge < -0.3 is 4.90 Å². The Morgan fingerprint density at radius 3 is 2.59 bits per heavy atom. The van der Waals surface area contributed by atoms with Crippen molar-refractivity contribution in [2.75, 3.05) is 24.5 Å². The molecule has 4 nitrogen and oxygen atoms in total. The largest absolute Gasteiger partial charge is 0.301 e. The molecule has 3 atom stereocenters. The standard InChI is InChI=1S/C18H29N3O/c1-5-18(22)21(17-8-6-7-9-19-17)16(4)13-20-11-14(2)10-15(3)12-20/h6-9,14-16H,5,10-13H2,1-4H3. The van der Waals surface area contributed by atoms with Gasteiger partial charge >= 0.3 is 0 Å². The second-order valence-corrected chi connectivity index (χ2v) is 6.82. The highest BCUT2D eigenvalue weighted by Gasteiger charge is 2.27. The summed E-state index contributed by atoms with van der Waals surface area (Å²) in [6, 6.07) is 5.89. The van der Waals surface area contributed by atoms with E-state index in [4.69, 9.17) is 0 Å². The lowest BCUT2D eigenvalue weighted by molar-refractivity contribution is -0.118. The first-order chi connectivity index (χ1) is 10.5. The molecule has 1 aromatic heterocycles. The maximum absolute atomic E-state index is 12.4. The molecule has 0 radical (unpaired) electrons. The minimum atomic E-state index is 0.139. The van der Waals surface area contributed by atoms with Crippen LogP contribution < -0.4 is 4.90 Å². The fraction of sp³-hybridized carbons (Fsp3) is 0.667. The van der Waals surface area contributed by atoms with Crippen molar-refractivity contribution in [3.63, 3.8) is 0 Å². The van der Waals surface area contributed by atoms with Crippen molar-refractivity contribution in [2.24, 2.45) is 11.8 Å². The zero-order chi connectivity index (χ0) is 16.1. The van der Waals surface area contributed by atoms with Crippen LogP contribution in [0.5, 0.6) is 0 Å². The predicted molar refractivity (Wildman–Crippen MR) is 90.9 cm³/mol. The van der Waals surface area contributed by atoms with Crippen LogP contribution in [0, 0.1) is 11.8 Å². The maximum atomic E-state index is 12.4. The number of anilines is 1. The van der Waals surface area contributed by atoms with Gasteiger partial charge in [-0.15, -0.1) is 0 Å². The molecule has 2 rings (SSSR count). The van der Waals surface area contributed by atoms with Crippen molar-refractivity contribution in [1.29, 1.82) is 0 Å². The fourth-order valence-electron chi connectivity index (χ4n) is 3.66. The summed E-state index contributed by atoms with van der Waals surface area (Å²) in [5.74, 6) is 2.38. The van der Waals surface area contributed by atoms with E-state index in [-0.39, 0.29) is 11.9 Å². The molecular weight excluding hydrogens is 274 g/mol. The van der Waals surface area contributed by atoms with E-state index in [0.717, 1.165) is 37.3 Å². The van der Waals surface area contributed by atoms with Crippen LogP contribution in [0.1, 0.15) is 40.5 Å². The Kier molecular flexibility index (Phi) is 5.95. The number of pyridine rings is 1. The minimum Gasteiger partial charge on any atom is -0.301 e. The molecule has 1 aromatic rings. The summed E-state index contributed by atoms with van der Waals surface area (Å²) < 4.78 is 0. The molecule has 1 aliphatic rings. The van der Waals surface area contributed by atoms with Crippen LogP contribution in [-0.4, -0.2) is 41.5 Å². The zero-order valence-corrected chi connectivity index (χ0v) is 14.3. The number of rotatable bonds is 5. The van der Waals surface area contributed by atoms with Crippen molar-refractivity contribution in [3.8, 4) is 0 Å². The highest BCUT2D eigenvalue weighted by Crippen LogP contribution is 2.22. The molecule has 3 unspecified atom stereocenters. The fourth-order valence-corrected chi connectivity index (χ4v) is 3.66. The van der Waals surface area contributed by atoms with Crippen molar-refractivity contribution in [2.45, 2.75) is 46.6 Å². The van der Waals surface area contributed by atoms with Crippen LogP contribution in [-0.2, 0) is 4.79 Å². The Morgan fingerprint density at radius 2 is 2.05 bits per heavy atom. The SMILES string of the molecule is CCC(=O)N(c1ccccn1)C(C)CN1CC(C)CC(C)C1.